The van der Waals surface area contributed by atoms with Gasteiger partial charge in [0.15, 0.2) is 0 Å². The van der Waals surface area contributed by atoms with Crippen molar-refractivity contribution >= 4 is 29.5 Å². The molecule has 0 aliphatic carbocycles. The molecule has 1 aliphatic heterocycles. The summed E-state index contributed by atoms with van der Waals surface area (Å²) in [6, 6.07) is -4.35. The fourth-order valence-corrected chi connectivity index (χ4v) is 2.73. The van der Waals surface area contributed by atoms with E-state index in [9.17, 15) is 34.2 Å². The maximum atomic E-state index is 12.5. The largest absolute Gasteiger partial charge is 0.394 e. The molecule has 1 fully saturated rings. The molecule has 0 aromatic rings. The van der Waals surface area contributed by atoms with Gasteiger partial charge in [0.25, 0.3) is 5.91 Å². The molecule has 0 saturated carbocycles. The predicted molar refractivity (Wildman–Crippen MR) is 116 cm³/mol. The number of ether oxygens (including phenoxy) is 2. The number of carbonyl (C=O) groups excluding carboxylic acids is 5. The number of urea groups is 1. The molecule has 194 valence electrons. The number of Topliss-reactive ketones (excluding diaryl/α,β-unsaturated/α-hetero) is 1. The van der Waals surface area contributed by atoms with E-state index in [1.54, 1.807) is 0 Å². The van der Waals surface area contributed by atoms with Gasteiger partial charge in [-0.2, -0.15) is 0 Å². The second-order valence-corrected chi connectivity index (χ2v) is 7.55. The Bertz CT molecular complexity index is 706. The zero-order valence-corrected chi connectivity index (χ0v) is 19.2. The van der Waals surface area contributed by atoms with E-state index in [4.69, 9.17) is 9.47 Å². The van der Waals surface area contributed by atoms with Crippen LogP contribution in [-0.4, -0.2) is 110 Å². The molecule has 34 heavy (non-hydrogen) atoms. The van der Waals surface area contributed by atoms with Crippen LogP contribution in [0.5, 0.6) is 0 Å². The van der Waals surface area contributed by atoms with Crippen LogP contribution in [0.2, 0.25) is 0 Å². The van der Waals surface area contributed by atoms with E-state index in [2.05, 4.69) is 32.1 Å². The van der Waals surface area contributed by atoms with Crippen molar-refractivity contribution in [3.05, 3.63) is 0 Å². The van der Waals surface area contributed by atoms with Crippen LogP contribution < -0.4 is 32.1 Å². The number of nitrogens with one attached hydrogen (secondary N) is 6. The molecular formula is C19H34N6O9. The highest BCUT2D eigenvalue weighted by Crippen LogP contribution is 1.96. The van der Waals surface area contributed by atoms with Crippen LogP contribution in [-0.2, 0) is 28.7 Å². The van der Waals surface area contributed by atoms with Crippen molar-refractivity contribution < 1.29 is 43.7 Å². The van der Waals surface area contributed by atoms with E-state index in [0.717, 1.165) is 0 Å². The lowest BCUT2D eigenvalue weighted by molar-refractivity contribution is -0.128. The molecule has 0 aromatic heterocycles. The maximum Gasteiger partial charge on any atom is 0.316 e. The summed E-state index contributed by atoms with van der Waals surface area (Å²) >= 11 is 0. The van der Waals surface area contributed by atoms with Gasteiger partial charge in [0.1, 0.15) is 24.5 Å². The molecule has 0 bridgehead atoms. The molecule has 15 heteroatoms. The normalized spacial score (nSPS) is 25.9. The average Bonchev–Trinajstić information content (AvgIpc) is 2.76. The lowest BCUT2D eigenvalue weighted by Crippen LogP contribution is -2.59. The number of aliphatic hydroxyl groups excluding tert-OH is 2. The van der Waals surface area contributed by atoms with Gasteiger partial charge in [0, 0.05) is 19.5 Å². The molecule has 4 atom stereocenters. The fourth-order valence-electron chi connectivity index (χ4n) is 2.73. The van der Waals surface area contributed by atoms with Crippen molar-refractivity contribution in [3.63, 3.8) is 0 Å². The van der Waals surface area contributed by atoms with Gasteiger partial charge < -0.3 is 41.0 Å². The van der Waals surface area contributed by atoms with Gasteiger partial charge in [-0.15, -0.1) is 0 Å². The molecule has 15 nitrogen and oxygen atoms in total. The number of aliphatic hydroxyl groups is 2. The Morgan fingerprint density at radius 3 is 2.35 bits per heavy atom. The van der Waals surface area contributed by atoms with Crippen molar-refractivity contribution in [2.45, 2.75) is 44.5 Å². The summed E-state index contributed by atoms with van der Waals surface area (Å²) in [7, 11) is 0. The third kappa shape index (κ3) is 11.9. The summed E-state index contributed by atoms with van der Waals surface area (Å²) < 4.78 is 10.5. The van der Waals surface area contributed by atoms with E-state index >= 15 is 0 Å². The highest BCUT2D eigenvalue weighted by Gasteiger charge is 2.26. The Morgan fingerprint density at radius 2 is 1.71 bits per heavy atom. The second kappa shape index (κ2) is 15.9. The third-order valence-corrected chi connectivity index (χ3v) is 4.53. The topological polar surface area (TPSA) is 216 Å². The lowest BCUT2D eigenvalue weighted by Gasteiger charge is -2.24. The van der Waals surface area contributed by atoms with Crippen LogP contribution in [0.25, 0.3) is 0 Å². The van der Waals surface area contributed by atoms with E-state index in [1.807, 2.05) is 0 Å². The Kier molecular flexibility index (Phi) is 13.6. The Hall–Kier alpha value is -2.85. The van der Waals surface area contributed by atoms with Crippen LogP contribution in [0.1, 0.15) is 20.3 Å². The number of ketones is 1. The maximum absolute atomic E-state index is 12.5. The minimum Gasteiger partial charge on any atom is -0.394 e. The van der Waals surface area contributed by atoms with Gasteiger partial charge >= 0.3 is 6.03 Å². The number of rotatable bonds is 4. The first-order chi connectivity index (χ1) is 16.1. The second-order valence-electron chi connectivity index (χ2n) is 7.55. The SMILES string of the molecule is CC(=O)C[C@H]1NC(=O)N[C@H](CO)C(=O)NCCOCCOCC(=O)N[C@H](C(C)O)CNNC1=O. The third-order valence-electron chi connectivity index (χ3n) is 4.53. The highest BCUT2D eigenvalue weighted by atomic mass is 16.5. The molecule has 1 aliphatic rings. The van der Waals surface area contributed by atoms with Crippen LogP contribution in [0.15, 0.2) is 0 Å². The van der Waals surface area contributed by atoms with Crippen molar-refractivity contribution in [1.82, 2.24) is 32.1 Å². The summed E-state index contributed by atoms with van der Waals surface area (Å²) in [5, 5.41) is 28.8. The molecule has 1 unspecified atom stereocenters. The fraction of sp³-hybridized carbons (Fsp3) is 0.737. The summed E-state index contributed by atoms with van der Waals surface area (Å²) in [5.41, 5.74) is 4.84. The first-order valence-corrected chi connectivity index (χ1v) is 10.7. The predicted octanol–water partition coefficient (Wildman–Crippen LogP) is -4.36. The minimum absolute atomic E-state index is 0.0794. The van der Waals surface area contributed by atoms with Gasteiger partial charge in [-0.25, -0.2) is 10.2 Å². The van der Waals surface area contributed by atoms with Gasteiger partial charge in [0.2, 0.25) is 11.8 Å². The molecule has 1 saturated heterocycles. The Labute approximate surface area is 196 Å². The van der Waals surface area contributed by atoms with Crippen LogP contribution in [0, 0.1) is 0 Å². The number of amides is 5. The van der Waals surface area contributed by atoms with E-state index in [1.165, 1.54) is 13.8 Å². The first kappa shape index (κ1) is 29.2. The number of hydrazine groups is 1. The van der Waals surface area contributed by atoms with Crippen LogP contribution in [0.4, 0.5) is 4.79 Å². The van der Waals surface area contributed by atoms with Crippen LogP contribution >= 0.6 is 0 Å². The van der Waals surface area contributed by atoms with E-state index in [0.29, 0.717) is 0 Å². The van der Waals surface area contributed by atoms with E-state index in [-0.39, 0.29) is 45.9 Å². The standard InChI is InChI=1S/C19H34N6O9/c1-11(27)7-13-18(31)25-21-8-14(12(2)28)22-16(29)10-34-6-5-33-4-3-20-17(30)15(9-26)24-19(32)23-13/h12-15,21,26,28H,3-10H2,1-2H3,(H,20,30)(H,22,29)(H,25,31)(H2,23,24,32)/t12?,13-,14+,15-/m1/s1. The summed E-state index contributed by atoms with van der Waals surface area (Å²) in [6.45, 7) is 2.05. The van der Waals surface area contributed by atoms with Crippen molar-refractivity contribution in [2.75, 3.05) is 46.1 Å². The molecule has 1 heterocycles. The molecule has 0 radical (unpaired) electrons. The van der Waals surface area contributed by atoms with Gasteiger partial charge in [0.05, 0.1) is 38.6 Å². The molecule has 8 N–H and O–H groups in total. The number of hydrogen-bond acceptors (Lipinski definition) is 10. The van der Waals surface area contributed by atoms with Crippen molar-refractivity contribution in [1.29, 1.82) is 0 Å². The number of carbonyl (C=O) groups is 5. The summed E-state index contributed by atoms with van der Waals surface area (Å²) in [6.07, 6.45) is -1.32. The van der Waals surface area contributed by atoms with Crippen molar-refractivity contribution in [2.24, 2.45) is 0 Å². The quantitative estimate of drug-likeness (QED) is 0.189. The Morgan fingerprint density at radius 1 is 1.03 bits per heavy atom. The van der Waals surface area contributed by atoms with Gasteiger partial charge in [-0.1, -0.05) is 0 Å². The smallest absolute Gasteiger partial charge is 0.316 e. The molecular weight excluding hydrogens is 456 g/mol. The molecule has 5 amide bonds. The first-order valence-electron chi connectivity index (χ1n) is 10.7. The average molecular weight is 491 g/mol. The molecule has 0 spiro atoms. The zero-order valence-electron chi connectivity index (χ0n) is 19.2. The van der Waals surface area contributed by atoms with Crippen molar-refractivity contribution in [3.8, 4) is 0 Å². The highest BCUT2D eigenvalue weighted by molar-refractivity contribution is 5.93. The monoisotopic (exact) mass is 490 g/mol. The van der Waals surface area contributed by atoms with Gasteiger partial charge in [-0.05, 0) is 13.8 Å². The summed E-state index contributed by atoms with van der Waals surface area (Å²) in [5.74, 6) is -2.35. The van der Waals surface area contributed by atoms with Gasteiger partial charge in [-0.3, -0.25) is 24.6 Å². The lowest BCUT2D eigenvalue weighted by atomic mass is 10.1. The number of hydrogen-bond donors (Lipinski definition) is 8. The minimum atomic E-state index is -1.31. The van der Waals surface area contributed by atoms with Crippen LogP contribution in [0.3, 0.4) is 0 Å². The summed E-state index contributed by atoms with van der Waals surface area (Å²) in [4.78, 5) is 60.5. The van der Waals surface area contributed by atoms with E-state index < -0.39 is 60.4 Å². The zero-order chi connectivity index (χ0) is 25.5. The molecule has 1 rings (SSSR count). The Balaban J connectivity index is 2.89. The molecule has 0 aromatic carbocycles.